The molecule has 0 bridgehead atoms. The van der Waals surface area contributed by atoms with E-state index in [4.69, 9.17) is 14.2 Å². The summed E-state index contributed by atoms with van der Waals surface area (Å²) in [4.78, 5) is 55.2. The van der Waals surface area contributed by atoms with Gasteiger partial charge in [-0.05, 0) is 50.5 Å². The van der Waals surface area contributed by atoms with Crippen LogP contribution in [0.4, 0.5) is 0 Å². The van der Waals surface area contributed by atoms with Gasteiger partial charge in [-0.25, -0.2) is 0 Å². The molecule has 0 unspecified atom stereocenters. The summed E-state index contributed by atoms with van der Waals surface area (Å²) in [5, 5.41) is 8.42. The summed E-state index contributed by atoms with van der Waals surface area (Å²) in [7, 11) is 1.56. The Labute approximate surface area is 252 Å². The van der Waals surface area contributed by atoms with Crippen molar-refractivity contribution in [2.24, 2.45) is 0 Å². The van der Waals surface area contributed by atoms with Crippen molar-refractivity contribution >= 4 is 23.5 Å². The monoisotopic (exact) mass is 594 g/mol. The molecule has 11 nitrogen and oxygen atoms in total. The molecule has 2 heterocycles. The summed E-state index contributed by atoms with van der Waals surface area (Å²) < 4.78 is 16.2. The third-order valence-corrected chi connectivity index (χ3v) is 8.02. The molecule has 3 amide bonds. The SMILES string of the molecule is COc1ccc(C[C@H](NC(=O)[C@H](C)NC(=O)CN2CCOCC2)C(=O)N[C@@H](Cc2ccccc2)C(=O)[C@]2(C)O[C@H]2C)cc1. The average Bonchev–Trinajstić information content (AvgIpc) is 3.63. The molecule has 0 radical (unpaired) electrons. The number of rotatable bonds is 14. The van der Waals surface area contributed by atoms with Gasteiger partial charge in [0.05, 0.1) is 39.0 Å². The zero-order chi connectivity index (χ0) is 31.0. The fraction of sp³-hybridized carbons (Fsp3) is 0.500. The first-order valence-corrected chi connectivity index (χ1v) is 14.7. The number of carbonyl (C=O) groups excluding carboxylic acids is 4. The first-order valence-electron chi connectivity index (χ1n) is 14.7. The highest BCUT2D eigenvalue weighted by molar-refractivity contribution is 5.99. The molecular formula is C32H42N4O7. The first kappa shape index (κ1) is 32.1. The predicted molar refractivity (Wildman–Crippen MR) is 160 cm³/mol. The van der Waals surface area contributed by atoms with Crippen LogP contribution in [0.5, 0.6) is 5.75 Å². The number of hydrogen-bond donors (Lipinski definition) is 3. The third kappa shape index (κ3) is 8.85. The number of amides is 3. The number of methoxy groups -OCH3 is 1. The number of nitrogens with zero attached hydrogens (tertiary/aromatic N) is 1. The van der Waals surface area contributed by atoms with Crippen molar-refractivity contribution < 1.29 is 33.4 Å². The number of ether oxygens (including phenoxy) is 3. The average molecular weight is 595 g/mol. The fourth-order valence-electron chi connectivity index (χ4n) is 5.09. The molecule has 232 valence electrons. The minimum atomic E-state index is -1.02. The van der Waals surface area contributed by atoms with Crippen molar-refractivity contribution in [3.63, 3.8) is 0 Å². The minimum absolute atomic E-state index is 0.152. The number of nitrogens with one attached hydrogen (secondary N) is 3. The van der Waals surface area contributed by atoms with Crippen LogP contribution in [0.2, 0.25) is 0 Å². The van der Waals surface area contributed by atoms with Crippen LogP contribution in [0, 0.1) is 0 Å². The number of hydrogen-bond acceptors (Lipinski definition) is 8. The maximum Gasteiger partial charge on any atom is 0.243 e. The Balaban J connectivity index is 1.48. The van der Waals surface area contributed by atoms with Gasteiger partial charge in [0, 0.05) is 19.5 Å². The molecule has 43 heavy (non-hydrogen) atoms. The molecule has 2 aromatic rings. The van der Waals surface area contributed by atoms with Gasteiger partial charge in [0.25, 0.3) is 0 Å². The molecule has 2 aliphatic heterocycles. The summed E-state index contributed by atoms with van der Waals surface area (Å²) >= 11 is 0. The zero-order valence-corrected chi connectivity index (χ0v) is 25.3. The molecule has 0 spiro atoms. The topological polar surface area (TPSA) is 139 Å². The Kier molecular flexibility index (Phi) is 10.9. The third-order valence-electron chi connectivity index (χ3n) is 8.02. The quantitative estimate of drug-likeness (QED) is 0.276. The van der Waals surface area contributed by atoms with Gasteiger partial charge in [-0.1, -0.05) is 42.5 Å². The van der Waals surface area contributed by atoms with E-state index >= 15 is 0 Å². The van der Waals surface area contributed by atoms with E-state index in [1.807, 2.05) is 54.3 Å². The molecule has 3 N–H and O–H groups in total. The van der Waals surface area contributed by atoms with E-state index in [1.54, 1.807) is 33.1 Å². The van der Waals surface area contributed by atoms with Gasteiger partial charge in [-0.3, -0.25) is 24.1 Å². The van der Waals surface area contributed by atoms with E-state index < -0.39 is 35.5 Å². The lowest BCUT2D eigenvalue weighted by Crippen LogP contribution is -2.57. The maximum atomic E-state index is 13.8. The van der Waals surface area contributed by atoms with Crippen LogP contribution in [0.1, 0.15) is 31.9 Å². The van der Waals surface area contributed by atoms with Crippen LogP contribution in [0.25, 0.3) is 0 Å². The van der Waals surface area contributed by atoms with Gasteiger partial charge in [-0.15, -0.1) is 0 Å². The molecule has 5 atom stereocenters. The Morgan fingerprint density at radius 3 is 2.09 bits per heavy atom. The number of Topliss-reactive ketones (excluding diaryl/α,β-unsaturated/α-hetero) is 1. The Morgan fingerprint density at radius 2 is 1.49 bits per heavy atom. The van der Waals surface area contributed by atoms with E-state index in [1.165, 1.54) is 0 Å². The fourth-order valence-corrected chi connectivity index (χ4v) is 5.09. The zero-order valence-electron chi connectivity index (χ0n) is 25.3. The summed E-state index contributed by atoms with van der Waals surface area (Å²) in [5.74, 6) is -0.884. The van der Waals surface area contributed by atoms with Gasteiger partial charge in [-0.2, -0.15) is 0 Å². The smallest absolute Gasteiger partial charge is 0.243 e. The van der Waals surface area contributed by atoms with Crippen LogP contribution in [0.3, 0.4) is 0 Å². The molecule has 0 aliphatic carbocycles. The van der Waals surface area contributed by atoms with Crippen LogP contribution in [-0.4, -0.2) is 98.2 Å². The van der Waals surface area contributed by atoms with E-state index in [0.717, 1.165) is 11.1 Å². The number of epoxide rings is 1. The maximum absolute atomic E-state index is 13.8. The standard InChI is InChI=1S/C32H42N4O7/c1-21(33-28(37)20-36-14-16-42-17-15-36)30(39)35-27(19-24-10-12-25(41-4)13-11-24)31(40)34-26(18-23-8-6-5-7-9-23)29(38)32(3)22(2)43-32/h5-13,21-22,26-27H,14-20H2,1-4H3,(H,33,37)(H,34,40)(H,35,39)/t21-,22-,26-,27-,32+/m0/s1. The lowest BCUT2D eigenvalue weighted by molar-refractivity contribution is -0.134. The number of carbonyl (C=O) groups is 4. The Hall–Kier alpha value is -3.80. The Morgan fingerprint density at radius 1 is 0.907 bits per heavy atom. The summed E-state index contributed by atoms with van der Waals surface area (Å²) in [5.41, 5.74) is 0.675. The summed E-state index contributed by atoms with van der Waals surface area (Å²) in [6.45, 7) is 7.67. The van der Waals surface area contributed by atoms with Gasteiger partial charge < -0.3 is 30.2 Å². The molecule has 11 heteroatoms. The van der Waals surface area contributed by atoms with Crippen LogP contribution >= 0.6 is 0 Å². The molecule has 2 aromatic carbocycles. The number of benzene rings is 2. The van der Waals surface area contributed by atoms with Crippen molar-refractivity contribution in [2.45, 2.75) is 63.4 Å². The van der Waals surface area contributed by atoms with Gasteiger partial charge >= 0.3 is 0 Å². The summed E-state index contributed by atoms with van der Waals surface area (Å²) in [6.07, 6.45) is 0.174. The van der Waals surface area contributed by atoms with Crippen LogP contribution < -0.4 is 20.7 Å². The van der Waals surface area contributed by atoms with Gasteiger partial charge in [0.15, 0.2) is 11.4 Å². The molecular weight excluding hydrogens is 552 g/mol. The largest absolute Gasteiger partial charge is 0.497 e. The highest BCUT2D eigenvalue weighted by atomic mass is 16.6. The Bertz CT molecular complexity index is 1270. The molecule has 2 aliphatic rings. The lowest BCUT2D eigenvalue weighted by atomic mass is 9.92. The van der Waals surface area contributed by atoms with Crippen LogP contribution in [-0.2, 0) is 41.5 Å². The minimum Gasteiger partial charge on any atom is -0.497 e. The molecule has 2 saturated heterocycles. The van der Waals surface area contributed by atoms with E-state index in [9.17, 15) is 19.2 Å². The lowest BCUT2D eigenvalue weighted by Gasteiger charge is -2.27. The number of ketones is 1. The highest BCUT2D eigenvalue weighted by Gasteiger charge is 2.57. The van der Waals surface area contributed by atoms with E-state index in [0.29, 0.717) is 32.1 Å². The van der Waals surface area contributed by atoms with Gasteiger partial charge in [0.2, 0.25) is 17.7 Å². The first-order chi connectivity index (χ1) is 20.6. The molecule has 0 aromatic heterocycles. The van der Waals surface area contributed by atoms with Crippen molar-refractivity contribution in [1.29, 1.82) is 0 Å². The van der Waals surface area contributed by atoms with E-state index in [-0.39, 0.29) is 37.2 Å². The van der Waals surface area contributed by atoms with Crippen LogP contribution in [0.15, 0.2) is 54.6 Å². The molecule has 4 rings (SSSR count). The van der Waals surface area contributed by atoms with Gasteiger partial charge in [0.1, 0.15) is 17.8 Å². The number of morpholine rings is 1. The second kappa shape index (κ2) is 14.6. The second-order valence-corrected chi connectivity index (χ2v) is 11.3. The normalized spacial score (nSPS) is 22.0. The van der Waals surface area contributed by atoms with Crippen molar-refractivity contribution in [3.05, 3.63) is 65.7 Å². The van der Waals surface area contributed by atoms with Crippen molar-refractivity contribution in [1.82, 2.24) is 20.9 Å². The predicted octanol–water partition coefficient (Wildman–Crippen LogP) is 1.03. The molecule has 2 fully saturated rings. The summed E-state index contributed by atoms with van der Waals surface area (Å²) in [6, 6.07) is 13.8. The molecule has 0 saturated carbocycles. The van der Waals surface area contributed by atoms with Crippen molar-refractivity contribution in [3.8, 4) is 5.75 Å². The second-order valence-electron chi connectivity index (χ2n) is 11.3. The van der Waals surface area contributed by atoms with E-state index in [2.05, 4.69) is 16.0 Å². The highest BCUT2D eigenvalue weighted by Crippen LogP contribution is 2.37. The van der Waals surface area contributed by atoms with Crippen molar-refractivity contribution in [2.75, 3.05) is 40.0 Å².